The summed E-state index contributed by atoms with van der Waals surface area (Å²) in [4.78, 5) is 16.3. The van der Waals surface area contributed by atoms with Gasteiger partial charge in [-0.1, -0.05) is 0 Å². The van der Waals surface area contributed by atoms with Gasteiger partial charge in [-0.3, -0.25) is 0 Å². The van der Waals surface area contributed by atoms with Crippen molar-refractivity contribution in [3.05, 3.63) is 20.8 Å². The molecule has 0 spiro atoms. The first-order valence-electron chi connectivity index (χ1n) is 4.55. The summed E-state index contributed by atoms with van der Waals surface area (Å²) in [6.45, 7) is 3.74. The highest BCUT2D eigenvalue weighted by Gasteiger charge is 2.19. The van der Waals surface area contributed by atoms with Crippen LogP contribution in [-0.4, -0.2) is 16.1 Å². The number of nitrogens with two attached hydrogens (primary N) is 1. The molecule has 0 radical (unpaired) electrons. The van der Waals surface area contributed by atoms with Crippen molar-refractivity contribution in [2.75, 3.05) is 5.73 Å². The zero-order chi connectivity index (χ0) is 11.9. The third-order valence-corrected chi connectivity index (χ3v) is 4.33. The lowest BCUT2D eigenvalue weighted by Gasteiger charge is -1.94. The van der Waals surface area contributed by atoms with Crippen LogP contribution in [0, 0.1) is 13.8 Å². The first-order chi connectivity index (χ1) is 7.50. The van der Waals surface area contributed by atoms with E-state index in [-0.39, 0.29) is 4.88 Å². The van der Waals surface area contributed by atoms with Crippen molar-refractivity contribution in [2.24, 2.45) is 0 Å². The summed E-state index contributed by atoms with van der Waals surface area (Å²) in [6.07, 6.45) is 0. The van der Waals surface area contributed by atoms with Crippen LogP contribution in [0.15, 0.2) is 5.38 Å². The summed E-state index contributed by atoms with van der Waals surface area (Å²) < 4.78 is 0. The third kappa shape index (κ3) is 1.70. The molecule has 84 valence electrons. The third-order valence-electron chi connectivity index (χ3n) is 2.24. The number of hydrogen-bond donors (Lipinski definition) is 2. The summed E-state index contributed by atoms with van der Waals surface area (Å²) in [5, 5.41) is 11.8. The molecular weight excluding hydrogens is 244 g/mol. The number of carbonyl (C=O) groups is 1. The van der Waals surface area contributed by atoms with Crippen molar-refractivity contribution in [3.8, 4) is 10.6 Å². The average molecular weight is 254 g/mol. The van der Waals surface area contributed by atoms with Crippen molar-refractivity contribution >= 4 is 34.3 Å². The Morgan fingerprint density at radius 2 is 2.19 bits per heavy atom. The van der Waals surface area contributed by atoms with E-state index in [1.165, 1.54) is 22.7 Å². The molecule has 0 amide bonds. The number of aryl methyl sites for hydroxylation is 1. The van der Waals surface area contributed by atoms with E-state index in [0.29, 0.717) is 5.69 Å². The molecule has 2 heterocycles. The Bertz CT molecular complexity index is 557. The van der Waals surface area contributed by atoms with Gasteiger partial charge < -0.3 is 10.8 Å². The van der Waals surface area contributed by atoms with Crippen LogP contribution in [0.25, 0.3) is 10.6 Å². The predicted molar refractivity (Wildman–Crippen MR) is 66.3 cm³/mol. The number of carboxylic acid groups (broad SMARTS) is 1. The van der Waals surface area contributed by atoms with Gasteiger partial charge in [0.2, 0.25) is 0 Å². The standard InChI is InChI=1S/C10H10N2O2S2/c1-4-7(11)9(10(13)14)16-8(4)6-3-15-5(2)12-6/h3H,11H2,1-2H3,(H,13,14). The molecule has 16 heavy (non-hydrogen) atoms. The van der Waals surface area contributed by atoms with Crippen molar-refractivity contribution < 1.29 is 9.90 Å². The first-order valence-corrected chi connectivity index (χ1v) is 6.25. The minimum Gasteiger partial charge on any atom is -0.477 e. The first kappa shape index (κ1) is 11.1. The number of anilines is 1. The minimum absolute atomic E-state index is 0.193. The lowest BCUT2D eigenvalue weighted by atomic mass is 10.2. The summed E-state index contributed by atoms with van der Waals surface area (Å²) >= 11 is 2.72. The molecule has 0 fully saturated rings. The second-order valence-corrected chi connectivity index (χ2v) is 5.44. The molecule has 0 saturated heterocycles. The molecule has 3 N–H and O–H groups in total. The van der Waals surface area contributed by atoms with Crippen LogP contribution < -0.4 is 5.73 Å². The maximum atomic E-state index is 10.9. The van der Waals surface area contributed by atoms with E-state index in [0.717, 1.165) is 21.1 Å². The zero-order valence-corrected chi connectivity index (χ0v) is 10.4. The molecule has 2 aromatic heterocycles. The van der Waals surface area contributed by atoms with Gasteiger partial charge in [0.1, 0.15) is 4.88 Å². The van der Waals surface area contributed by atoms with Gasteiger partial charge in [0.05, 0.1) is 21.3 Å². The molecule has 0 atom stereocenters. The molecule has 2 aromatic rings. The smallest absolute Gasteiger partial charge is 0.348 e. The van der Waals surface area contributed by atoms with Crippen LogP contribution in [0.2, 0.25) is 0 Å². The Kier molecular flexibility index (Phi) is 2.69. The maximum absolute atomic E-state index is 10.9. The molecule has 0 aliphatic rings. The number of nitrogen functional groups attached to an aromatic ring is 1. The molecule has 4 nitrogen and oxygen atoms in total. The second kappa shape index (κ2) is 3.88. The number of rotatable bonds is 2. The number of hydrogen-bond acceptors (Lipinski definition) is 5. The normalized spacial score (nSPS) is 10.6. The van der Waals surface area contributed by atoms with E-state index in [1.54, 1.807) is 0 Å². The van der Waals surface area contributed by atoms with Crippen LogP contribution in [0.5, 0.6) is 0 Å². The molecule has 0 saturated carbocycles. The SMILES string of the molecule is Cc1nc(-c2sc(C(=O)O)c(N)c2C)cs1. The number of carboxylic acids is 1. The summed E-state index contributed by atoms with van der Waals surface area (Å²) in [6, 6.07) is 0. The van der Waals surface area contributed by atoms with Crippen LogP contribution in [0.3, 0.4) is 0 Å². The minimum atomic E-state index is -0.983. The van der Waals surface area contributed by atoms with E-state index in [9.17, 15) is 4.79 Å². The second-order valence-electron chi connectivity index (χ2n) is 3.36. The predicted octanol–water partition coefficient (Wildman–Crippen LogP) is 2.77. The summed E-state index contributed by atoms with van der Waals surface area (Å²) in [5.74, 6) is -0.983. The van der Waals surface area contributed by atoms with Crippen LogP contribution in [-0.2, 0) is 0 Å². The highest BCUT2D eigenvalue weighted by Crippen LogP contribution is 2.38. The van der Waals surface area contributed by atoms with Crippen LogP contribution in [0.4, 0.5) is 5.69 Å². The maximum Gasteiger partial charge on any atom is 0.348 e. The van der Waals surface area contributed by atoms with Crippen LogP contribution >= 0.6 is 22.7 Å². The number of aromatic nitrogens is 1. The lowest BCUT2D eigenvalue weighted by molar-refractivity contribution is 0.0703. The molecule has 0 aliphatic heterocycles. The Labute approximate surface area is 100 Å². The van der Waals surface area contributed by atoms with E-state index in [4.69, 9.17) is 10.8 Å². The fourth-order valence-electron chi connectivity index (χ4n) is 1.40. The molecule has 0 aliphatic carbocycles. The Balaban J connectivity index is 2.58. The van der Waals surface area contributed by atoms with Crippen molar-refractivity contribution in [1.82, 2.24) is 4.98 Å². The number of thiazole rings is 1. The fraction of sp³-hybridized carbons (Fsp3) is 0.200. The number of nitrogens with zero attached hydrogens (tertiary/aromatic N) is 1. The Morgan fingerprint density at radius 3 is 2.62 bits per heavy atom. The van der Waals surface area contributed by atoms with E-state index < -0.39 is 5.97 Å². The van der Waals surface area contributed by atoms with Crippen molar-refractivity contribution in [2.45, 2.75) is 13.8 Å². The highest BCUT2D eigenvalue weighted by molar-refractivity contribution is 7.18. The van der Waals surface area contributed by atoms with E-state index in [2.05, 4.69) is 4.98 Å². The summed E-state index contributed by atoms with van der Waals surface area (Å²) in [7, 11) is 0. The van der Waals surface area contributed by atoms with Gasteiger partial charge in [0.15, 0.2) is 0 Å². The molecule has 0 unspecified atom stereocenters. The van der Waals surface area contributed by atoms with Crippen LogP contribution in [0.1, 0.15) is 20.2 Å². The molecule has 0 aromatic carbocycles. The Morgan fingerprint density at radius 1 is 1.50 bits per heavy atom. The van der Waals surface area contributed by atoms with Gasteiger partial charge in [-0.05, 0) is 19.4 Å². The topological polar surface area (TPSA) is 76.2 Å². The quantitative estimate of drug-likeness (QED) is 0.864. The number of thiophene rings is 1. The molecular formula is C10H10N2O2S2. The van der Waals surface area contributed by atoms with Gasteiger partial charge in [-0.2, -0.15) is 0 Å². The monoisotopic (exact) mass is 254 g/mol. The number of aromatic carboxylic acids is 1. The largest absolute Gasteiger partial charge is 0.477 e. The summed E-state index contributed by atoms with van der Waals surface area (Å²) in [5.41, 5.74) is 7.71. The van der Waals surface area contributed by atoms with Gasteiger partial charge in [0.25, 0.3) is 0 Å². The van der Waals surface area contributed by atoms with E-state index >= 15 is 0 Å². The van der Waals surface area contributed by atoms with Gasteiger partial charge in [-0.25, -0.2) is 9.78 Å². The van der Waals surface area contributed by atoms with Gasteiger partial charge >= 0.3 is 5.97 Å². The fourth-order valence-corrected chi connectivity index (χ4v) is 3.10. The average Bonchev–Trinajstić information content (AvgIpc) is 2.74. The lowest BCUT2D eigenvalue weighted by Crippen LogP contribution is -1.97. The van der Waals surface area contributed by atoms with Crippen molar-refractivity contribution in [1.29, 1.82) is 0 Å². The Hall–Kier alpha value is -1.40. The molecule has 2 rings (SSSR count). The zero-order valence-electron chi connectivity index (χ0n) is 8.77. The van der Waals surface area contributed by atoms with Gasteiger partial charge in [0, 0.05) is 5.38 Å². The van der Waals surface area contributed by atoms with E-state index in [1.807, 2.05) is 19.2 Å². The molecule has 6 heteroatoms. The highest BCUT2D eigenvalue weighted by atomic mass is 32.1. The van der Waals surface area contributed by atoms with Crippen molar-refractivity contribution in [3.63, 3.8) is 0 Å². The molecule has 0 bridgehead atoms. The van der Waals surface area contributed by atoms with Gasteiger partial charge in [-0.15, -0.1) is 22.7 Å².